The first-order valence-corrected chi connectivity index (χ1v) is 21.6. The molecule has 2 aromatic heterocycles. The molecule has 326 valence electrons. The van der Waals surface area contributed by atoms with Crippen molar-refractivity contribution in [1.82, 2.24) is 24.8 Å². The van der Waals surface area contributed by atoms with Gasteiger partial charge in [0.15, 0.2) is 21.9 Å². The zero-order chi connectivity index (χ0) is 45.0. The molecule has 2 atom stereocenters. The van der Waals surface area contributed by atoms with Crippen molar-refractivity contribution in [3.63, 3.8) is 0 Å². The molecule has 0 radical (unpaired) electrons. The van der Waals surface area contributed by atoms with Crippen LogP contribution in [0.3, 0.4) is 0 Å². The Morgan fingerprint density at radius 1 is 0.742 bits per heavy atom. The van der Waals surface area contributed by atoms with E-state index in [0.29, 0.717) is 41.9 Å². The quantitative estimate of drug-likeness (QED) is 0.0484. The van der Waals surface area contributed by atoms with E-state index in [9.17, 15) is 45.5 Å². The summed E-state index contributed by atoms with van der Waals surface area (Å²) >= 11 is 2.58. The van der Waals surface area contributed by atoms with Crippen LogP contribution in [0, 0.1) is 11.8 Å². The van der Waals surface area contributed by atoms with E-state index in [2.05, 4.69) is 19.9 Å². The molecule has 1 saturated heterocycles. The van der Waals surface area contributed by atoms with Crippen molar-refractivity contribution >= 4 is 47.0 Å². The predicted octanol–water partition coefficient (Wildman–Crippen LogP) is 10.1. The summed E-state index contributed by atoms with van der Waals surface area (Å²) < 4.78 is 83.4. The predicted molar refractivity (Wildman–Crippen MR) is 221 cm³/mol. The molecule has 1 fully saturated rings. The zero-order valence-electron chi connectivity index (χ0n) is 33.7. The van der Waals surface area contributed by atoms with Gasteiger partial charge >= 0.3 is 18.4 Å². The lowest BCUT2D eigenvalue weighted by atomic mass is 9.76. The van der Waals surface area contributed by atoms with Crippen molar-refractivity contribution in [1.29, 1.82) is 0 Å². The number of alkyl halides is 6. The molecular formula is C44H41F6N5O5S2. The number of rotatable bonds is 13. The summed E-state index contributed by atoms with van der Waals surface area (Å²) in [6.45, 7) is 2.38. The van der Waals surface area contributed by atoms with Gasteiger partial charge in [0.1, 0.15) is 12.4 Å². The van der Waals surface area contributed by atoms with Crippen molar-refractivity contribution in [3.8, 4) is 0 Å². The van der Waals surface area contributed by atoms with Gasteiger partial charge in [-0.15, -0.1) is 0 Å². The molecule has 10 nitrogen and oxygen atoms in total. The third-order valence-corrected chi connectivity index (χ3v) is 11.1. The number of ether oxygens (including phenoxy) is 1. The van der Waals surface area contributed by atoms with Gasteiger partial charge in [0.2, 0.25) is 0 Å². The number of hydrogen-bond acceptors (Lipinski definition) is 11. The van der Waals surface area contributed by atoms with Crippen LogP contribution >= 0.6 is 23.5 Å². The molecule has 6 rings (SSSR count). The minimum absolute atomic E-state index is 0.0224. The Balaban J connectivity index is 0.000000290. The normalized spacial score (nSPS) is 14.2. The van der Waals surface area contributed by atoms with Crippen molar-refractivity contribution in [2.45, 2.75) is 61.4 Å². The van der Waals surface area contributed by atoms with Crippen LogP contribution in [-0.4, -0.2) is 73.9 Å². The molecule has 0 spiro atoms. The van der Waals surface area contributed by atoms with Gasteiger partial charge in [-0.2, -0.15) is 26.3 Å². The summed E-state index contributed by atoms with van der Waals surface area (Å²) in [4.78, 5) is 70.3. The van der Waals surface area contributed by atoms with E-state index in [0.717, 1.165) is 29.8 Å². The Morgan fingerprint density at radius 2 is 1.31 bits per heavy atom. The van der Waals surface area contributed by atoms with Crippen molar-refractivity contribution in [3.05, 3.63) is 143 Å². The van der Waals surface area contributed by atoms with E-state index >= 15 is 0 Å². The number of hydrogen-bond donors (Lipinski definition) is 0. The smallest absolute Gasteiger partial charge is 0.416 e. The Labute approximate surface area is 362 Å². The first-order chi connectivity index (χ1) is 29.5. The number of piperidine rings is 1. The number of likely N-dealkylation sites (tertiary alicyclic amines) is 1. The molecule has 3 aromatic carbocycles. The fourth-order valence-electron chi connectivity index (χ4n) is 6.67. The zero-order valence-corrected chi connectivity index (χ0v) is 35.3. The maximum absolute atomic E-state index is 13.7. The van der Waals surface area contributed by atoms with Gasteiger partial charge < -0.3 is 9.64 Å². The number of halogens is 6. The van der Waals surface area contributed by atoms with Gasteiger partial charge in [0, 0.05) is 48.4 Å². The largest absolute Gasteiger partial charge is 0.445 e. The molecule has 62 heavy (non-hydrogen) atoms. The topological polar surface area (TPSA) is 132 Å². The lowest BCUT2D eigenvalue weighted by Gasteiger charge is -2.33. The Kier molecular flexibility index (Phi) is 16.4. The molecule has 1 aliphatic rings. The molecule has 3 heterocycles. The number of amides is 1. The van der Waals surface area contributed by atoms with E-state index in [1.165, 1.54) is 66.2 Å². The SMILES string of the molecule is CSc1nccc(C(C(=O)c2cccc(C(F)(F)F)c2)C(C)C(=O)C2CCN(C(=O)OCc3ccccc3)CC2)n1.CSc1nccc(CC(=O)c2cccc(C(F)(F)F)c2)n1. The van der Waals surface area contributed by atoms with Gasteiger partial charge in [0.25, 0.3) is 0 Å². The highest BCUT2D eigenvalue weighted by atomic mass is 32.2. The minimum Gasteiger partial charge on any atom is -0.445 e. The molecular weight excluding hydrogens is 857 g/mol. The van der Waals surface area contributed by atoms with Crippen molar-refractivity contribution in [2.24, 2.45) is 11.8 Å². The van der Waals surface area contributed by atoms with Crippen LogP contribution in [0.25, 0.3) is 0 Å². The summed E-state index contributed by atoms with van der Waals surface area (Å²) in [5.74, 6) is -3.63. The Bertz CT molecular complexity index is 2340. The molecule has 0 bridgehead atoms. The molecule has 0 aliphatic carbocycles. The third kappa shape index (κ3) is 13.0. The van der Waals surface area contributed by atoms with E-state index in [-0.39, 0.29) is 35.6 Å². The van der Waals surface area contributed by atoms with Gasteiger partial charge in [-0.25, -0.2) is 24.7 Å². The van der Waals surface area contributed by atoms with Crippen LogP contribution in [0.5, 0.6) is 0 Å². The van der Waals surface area contributed by atoms with E-state index < -0.39 is 58.9 Å². The monoisotopic (exact) mass is 897 g/mol. The number of benzene rings is 3. The van der Waals surface area contributed by atoms with Gasteiger partial charge in [0.05, 0.1) is 34.9 Å². The van der Waals surface area contributed by atoms with Crippen LogP contribution in [0.15, 0.2) is 114 Å². The van der Waals surface area contributed by atoms with Crippen LogP contribution in [-0.2, 0) is 34.9 Å². The fraction of sp³-hybridized carbons (Fsp3) is 0.318. The van der Waals surface area contributed by atoms with Gasteiger partial charge in [-0.05, 0) is 67.3 Å². The first kappa shape index (κ1) is 47.4. The summed E-state index contributed by atoms with van der Waals surface area (Å²) in [7, 11) is 0. The highest BCUT2D eigenvalue weighted by Crippen LogP contribution is 2.36. The number of aromatic nitrogens is 4. The van der Waals surface area contributed by atoms with E-state index in [4.69, 9.17) is 4.74 Å². The number of thioether (sulfide) groups is 2. The second kappa shape index (κ2) is 21.4. The summed E-state index contributed by atoms with van der Waals surface area (Å²) in [5, 5.41) is 0.899. The van der Waals surface area contributed by atoms with Crippen molar-refractivity contribution in [2.75, 3.05) is 25.6 Å². The second-order valence-electron chi connectivity index (χ2n) is 14.1. The van der Waals surface area contributed by atoms with Crippen LogP contribution < -0.4 is 0 Å². The highest BCUT2D eigenvalue weighted by Gasteiger charge is 2.39. The van der Waals surface area contributed by atoms with E-state index in [1.807, 2.05) is 30.3 Å². The average molecular weight is 898 g/mol. The second-order valence-corrected chi connectivity index (χ2v) is 15.6. The Hall–Kier alpha value is -5.62. The first-order valence-electron chi connectivity index (χ1n) is 19.1. The number of nitrogens with zero attached hydrogens (tertiary/aromatic N) is 5. The molecule has 18 heteroatoms. The number of ketones is 3. The van der Waals surface area contributed by atoms with Crippen LogP contribution in [0.4, 0.5) is 31.1 Å². The molecule has 2 unspecified atom stereocenters. The van der Waals surface area contributed by atoms with Crippen LogP contribution in [0.1, 0.15) is 74.5 Å². The van der Waals surface area contributed by atoms with Gasteiger partial charge in [-0.3, -0.25) is 14.4 Å². The number of Topliss-reactive ketones (excluding diaryl/α,β-unsaturated/α-hetero) is 3. The summed E-state index contributed by atoms with van der Waals surface area (Å²) in [6.07, 6.45) is -2.29. The molecule has 1 amide bonds. The molecule has 0 saturated carbocycles. The van der Waals surface area contributed by atoms with Crippen molar-refractivity contribution < 1.29 is 50.3 Å². The molecule has 5 aromatic rings. The number of carbonyl (C=O) groups excluding carboxylic acids is 4. The third-order valence-electron chi connectivity index (χ3n) is 9.95. The Morgan fingerprint density at radius 3 is 1.90 bits per heavy atom. The molecule has 1 aliphatic heterocycles. The van der Waals surface area contributed by atoms with Gasteiger partial charge in [-0.1, -0.05) is 85.0 Å². The lowest BCUT2D eigenvalue weighted by Crippen LogP contribution is -2.42. The highest BCUT2D eigenvalue weighted by molar-refractivity contribution is 7.98. The van der Waals surface area contributed by atoms with Crippen LogP contribution in [0.2, 0.25) is 0 Å². The summed E-state index contributed by atoms with van der Waals surface area (Å²) in [5.41, 5.74) is -0.281. The number of carbonyl (C=O) groups is 4. The maximum Gasteiger partial charge on any atom is 0.416 e. The van der Waals surface area contributed by atoms with E-state index in [1.54, 1.807) is 30.4 Å². The molecule has 0 N–H and O–H groups in total. The maximum atomic E-state index is 13.7. The average Bonchev–Trinajstić information content (AvgIpc) is 3.28. The lowest BCUT2D eigenvalue weighted by molar-refractivity contribution is -0.138. The standard InChI is InChI=1S/C30H30F3N3O4S.C14H11F3N2OS/c1-19(26(37)21-12-15-36(16-13-21)29(39)40-18-20-7-4-3-5-8-20)25(24-11-14-34-28(35-24)41-2)27(38)22-9-6-10-23(17-22)30(31,32)33;1-21-13-18-6-5-11(19-13)8-12(20)9-3-2-4-10(7-9)14(15,16)17/h3-11,14,17,19,21,25H,12-13,15-16,18H2,1-2H3;2-7H,8H2,1H3. The fourth-order valence-corrected chi connectivity index (χ4v) is 7.41. The minimum atomic E-state index is -4.62. The summed E-state index contributed by atoms with van der Waals surface area (Å²) in [6, 6.07) is 21.0.